The summed E-state index contributed by atoms with van der Waals surface area (Å²) in [4.78, 5) is 25.2. The van der Waals surface area contributed by atoms with Crippen LogP contribution in [-0.4, -0.2) is 30.6 Å². The second kappa shape index (κ2) is 8.33. The van der Waals surface area contributed by atoms with E-state index in [1.165, 1.54) is 0 Å². The Kier molecular flexibility index (Phi) is 6.17. The van der Waals surface area contributed by atoms with Gasteiger partial charge in [-0.3, -0.25) is 4.79 Å². The van der Waals surface area contributed by atoms with Gasteiger partial charge in [-0.05, 0) is 35.7 Å². The molecule has 0 saturated heterocycles. The van der Waals surface area contributed by atoms with Gasteiger partial charge < -0.3 is 14.7 Å². The first kappa shape index (κ1) is 18.5. The van der Waals surface area contributed by atoms with Crippen LogP contribution in [0.4, 0.5) is 5.69 Å². The van der Waals surface area contributed by atoms with Crippen LogP contribution in [-0.2, 0) is 9.59 Å². The van der Waals surface area contributed by atoms with Crippen LogP contribution in [0.3, 0.4) is 0 Å². The number of anilines is 1. The smallest absolute Gasteiger partial charge is 0.341 e. The molecule has 0 bridgehead atoms. The number of rotatable bonds is 7. The molecule has 5 heteroatoms. The maximum absolute atomic E-state index is 13.0. The molecule has 0 aromatic heterocycles. The third kappa shape index (κ3) is 4.83. The lowest BCUT2D eigenvalue weighted by molar-refractivity contribution is -0.139. The van der Waals surface area contributed by atoms with Gasteiger partial charge in [-0.15, -0.1) is 0 Å². The van der Waals surface area contributed by atoms with Gasteiger partial charge in [0.05, 0.1) is 5.92 Å². The van der Waals surface area contributed by atoms with Crippen molar-refractivity contribution in [1.29, 1.82) is 0 Å². The summed E-state index contributed by atoms with van der Waals surface area (Å²) in [5, 5.41) is 8.63. The number of carboxylic acid groups (broad SMARTS) is 1. The Balaban J connectivity index is 2.16. The third-order valence-corrected chi connectivity index (χ3v) is 4.01. The Morgan fingerprint density at radius 2 is 1.64 bits per heavy atom. The van der Waals surface area contributed by atoms with Crippen molar-refractivity contribution in [2.24, 2.45) is 5.92 Å². The van der Waals surface area contributed by atoms with E-state index in [1.807, 2.05) is 44.2 Å². The number of hydrogen-bond donors (Lipinski definition) is 1. The van der Waals surface area contributed by atoms with Gasteiger partial charge in [0.25, 0.3) is 0 Å². The maximum Gasteiger partial charge on any atom is 0.341 e. The largest absolute Gasteiger partial charge is 0.482 e. The fourth-order valence-corrected chi connectivity index (χ4v) is 2.72. The zero-order valence-electron chi connectivity index (χ0n) is 14.7. The first-order chi connectivity index (χ1) is 11.9. The highest BCUT2D eigenvalue weighted by Gasteiger charge is 2.27. The van der Waals surface area contributed by atoms with Gasteiger partial charge in [0.1, 0.15) is 5.75 Å². The highest BCUT2D eigenvalue weighted by molar-refractivity contribution is 5.97. The molecule has 1 unspecified atom stereocenters. The molecule has 0 heterocycles. The topological polar surface area (TPSA) is 66.8 Å². The van der Waals surface area contributed by atoms with Crippen molar-refractivity contribution < 1.29 is 19.4 Å². The number of carboxylic acids is 1. The number of hydrogen-bond acceptors (Lipinski definition) is 3. The van der Waals surface area contributed by atoms with Crippen molar-refractivity contribution in [2.75, 3.05) is 18.6 Å². The molecule has 1 atom stereocenters. The minimum atomic E-state index is -1.03. The Bertz CT molecular complexity index is 710. The molecule has 1 N–H and O–H groups in total. The third-order valence-electron chi connectivity index (χ3n) is 4.01. The van der Waals surface area contributed by atoms with Crippen LogP contribution in [0, 0.1) is 5.92 Å². The monoisotopic (exact) mass is 341 g/mol. The molecule has 5 nitrogen and oxygen atoms in total. The molecule has 2 aromatic carbocycles. The number of carbonyl (C=O) groups is 2. The number of likely N-dealkylation sites (N-methyl/N-ethyl adjacent to an activating group) is 1. The molecule has 1 amide bonds. The van der Waals surface area contributed by atoms with E-state index in [2.05, 4.69) is 0 Å². The van der Waals surface area contributed by atoms with E-state index in [1.54, 1.807) is 36.2 Å². The van der Waals surface area contributed by atoms with Crippen molar-refractivity contribution in [3.8, 4) is 5.75 Å². The summed E-state index contributed by atoms with van der Waals surface area (Å²) in [7, 11) is 1.74. The van der Waals surface area contributed by atoms with E-state index in [9.17, 15) is 9.59 Å². The Morgan fingerprint density at radius 3 is 2.16 bits per heavy atom. The molecule has 0 aliphatic heterocycles. The van der Waals surface area contributed by atoms with Gasteiger partial charge in [0, 0.05) is 12.7 Å². The molecule has 2 aromatic rings. The summed E-state index contributed by atoms with van der Waals surface area (Å²) >= 11 is 0. The first-order valence-electron chi connectivity index (χ1n) is 8.17. The van der Waals surface area contributed by atoms with Crippen LogP contribution in [0.25, 0.3) is 0 Å². The van der Waals surface area contributed by atoms with E-state index in [-0.39, 0.29) is 17.7 Å². The number of benzene rings is 2. The van der Waals surface area contributed by atoms with E-state index in [0.29, 0.717) is 5.75 Å². The second-order valence-corrected chi connectivity index (χ2v) is 6.21. The standard InChI is InChI=1S/C20H23NO4/c1-14(2)19(15-7-5-4-6-8-15)20(24)21(3)16-9-11-17(12-10-16)25-13-18(22)23/h4-12,14,19H,13H2,1-3H3,(H,22,23). The molecule has 132 valence electrons. The first-order valence-corrected chi connectivity index (χ1v) is 8.17. The van der Waals surface area contributed by atoms with Crippen LogP contribution in [0.15, 0.2) is 54.6 Å². The average molecular weight is 341 g/mol. The van der Waals surface area contributed by atoms with E-state index >= 15 is 0 Å². The summed E-state index contributed by atoms with van der Waals surface area (Å²) in [5.41, 5.74) is 1.73. The van der Waals surface area contributed by atoms with E-state index in [0.717, 1.165) is 11.3 Å². The van der Waals surface area contributed by atoms with Crippen LogP contribution >= 0.6 is 0 Å². The lowest BCUT2D eigenvalue weighted by Crippen LogP contribution is -2.34. The minimum absolute atomic E-state index is 0.0143. The van der Waals surface area contributed by atoms with Gasteiger partial charge >= 0.3 is 5.97 Å². The fourth-order valence-electron chi connectivity index (χ4n) is 2.72. The molecule has 0 saturated carbocycles. The van der Waals surface area contributed by atoms with Crippen LogP contribution in [0.1, 0.15) is 25.3 Å². The quantitative estimate of drug-likeness (QED) is 0.836. The zero-order valence-corrected chi connectivity index (χ0v) is 14.7. The van der Waals surface area contributed by atoms with Gasteiger partial charge in [-0.25, -0.2) is 4.79 Å². The normalized spacial score (nSPS) is 11.8. The van der Waals surface area contributed by atoms with E-state index < -0.39 is 12.6 Å². The van der Waals surface area contributed by atoms with Crippen LogP contribution in [0.2, 0.25) is 0 Å². The number of aliphatic carboxylic acids is 1. The number of carbonyl (C=O) groups excluding carboxylic acids is 1. The van der Waals surface area contributed by atoms with Gasteiger partial charge in [0.2, 0.25) is 5.91 Å². The Hall–Kier alpha value is -2.82. The predicted molar refractivity (Wildman–Crippen MR) is 97.0 cm³/mol. The summed E-state index contributed by atoms with van der Waals surface area (Å²) in [6, 6.07) is 16.6. The number of nitrogens with zero attached hydrogens (tertiary/aromatic N) is 1. The van der Waals surface area contributed by atoms with Crippen LogP contribution < -0.4 is 9.64 Å². The Morgan fingerprint density at radius 1 is 1.04 bits per heavy atom. The van der Waals surface area contributed by atoms with Crippen LogP contribution in [0.5, 0.6) is 5.75 Å². The second-order valence-electron chi connectivity index (χ2n) is 6.21. The number of amides is 1. The maximum atomic E-state index is 13.0. The molecular weight excluding hydrogens is 318 g/mol. The average Bonchev–Trinajstić information content (AvgIpc) is 2.60. The molecule has 0 fully saturated rings. The summed E-state index contributed by atoms with van der Waals surface area (Å²) in [6.07, 6.45) is 0. The highest BCUT2D eigenvalue weighted by atomic mass is 16.5. The summed E-state index contributed by atoms with van der Waals surface area (Å²) < 4.78 is 5.11. The Labute approximate surface area is 147 Å². The van der Waals surface area contributed by atoms with E-state index in [4.69, 9.17) is 9.84 Å². The van der Waals surface area contributed by atoms with Gasteiger partial charge in [0.15, 0.2) is 6.61 Å². The van der Waals surface area contributed by atoms with Crippen molar-refractivity contribution in [1.82, 2.24) is 0 Å². The number of ether oxygens (including phenoxy) is 1. The molecule has 0 aliphatic carbocycles. The molecule has 2 rings (SSSR count). The highest BCUT2D eigenvalue weighted by Crippen LogP contribution is 2.29. The summed E-state index contributed by atoms with van der Waals surface area (Å²) in [6.45, 7) is 3.68. The van der Waals surface area contributed by atoms with Crippen molar-refractivity contribution in [3.05, 3.63) is 60.2 Å². The fraction of sp³-hybridized carbons (Fsp3) is 0.300. The molecule has 0 spiro atoms. The molecule has 0 aliphatic rings. The SMILES string of the molecule is CC(C)C(C(=O)N(C)c1ccc(OCC(=O)O)cc1)c1ccccc1. The van der Waals surface area contributed by atoms with Gasteiger partial charge in [-0.1, -0.05) is 44.2 Å². The lowest BCUT2D eigenvalue weighted by atomic mass is 9.87. The van der Waals surface area contributed by atoms with Gasteiger partial charge in [-0.2, -0.15) is 0 Å². The molecule has 25 heavy (non-hydrogen) atoms. The lowest BCUT2D eigenvalue weighted by Gasteiger charge is -2.27. The van der Waals surface area contributed by atoms with Crippen molar-refractivity contribution in [3.63, 3.8) is 0 Å². The summed E-state index contributed by atoms with van der Waals surface area (Å²) in [5.74, 6) is -0.625. The predicted octanol–water partition coefficient (Wildman–Crippen LogP) is 3.55. The minimum Gasteiger partial charge on any atom is -0.482 e. The molecule has 0 radical (unpaired) electrons. The van der Waals surface area contributed by atoms with Crippen molar-refractivity contribution >= 4 is 17.6 Å². The molecular formula is C20H23NO4. The zero-order chi connectivity index (χ0) is 18.4. The van der Waals surface area contributed by atoms with Crippen molar-refractivity contribution in [2.45, 2.75) is 19.8 Å².